The first-order valence-corrected chi connectivity index (χ1v) is 5.73. The summed E-state index contributed by atoms with van der Waals surface area (Å²) in [6.07, 6.45) is -0.516. The number of anilines is 1. The normalized spacial score (nSPS) is 11.9. The van der Waals surface area contributed by atoms with E-state index in [9.17, 15) is 5.11 Å². The summed E-state index contributed by atoms with van der Waals surface area (Å²) in [6, 6.07) is 9.97. The summed E-state index contributed by atoms with van der Waals surface area (Å²) in [6.45, 7) is 3.78. The van der Waals surface area contributed by atoms with Gasteiger partial charge in [0.2, 0.25) is 0 Å². The van der Waals surface area contributed by atoms with Gasteiger partial charge in [-0.25, -0.2) is 0 Å². The second-order valence-corrected chi connectivity index (χ2v) is 3.86. The first-order chi connectivity index (χ1) is 8.13. The van der Waals surface area contributed by atoms with E-state index >= 15 is 0 Å². The molecule has 0 spiro atoms. The van der Waals surface area contributed by atoms with Crippen molar-refractivity contribution in [1.82, 2.24) is 0 Å². The van der Waals surface area contributed by atoms with E-state index < -0.39 is 6.10 Å². The van der Waals surface area contributed by atoms with Crippen LogP contribution < -0.4 is 21.4 Å². The van der Waals surface area contributed by atoms with E-state index in [4.69, 9.17) is 11.5 Å². The molecular formula is C12H21N4O+. The number of likely N-dealkylation sites (N-methyl/N-ethyl adjacent to an activating group) is 1. The lowest BCUT2D eigenvalue weighted by Gasteiger charge is -2.25. The van der Waals surface area contributed by atoms with E-state index in [2.05, 4.69) is 16.8 Å². The van der Waals surface area contributed by atoms with Gasteiger partial charge in [0.25, 0.3) is 0 Å². The van der Waals surface area contributed by atoms with Gasteiger partial charge >= 0.3 is 5.96 Å². The number of rotatable bonds is 6. The van der Waals surface area contributed by atoms with Crippen LogP contribution in [0.4, 0.5) is 5.69 Å². The van der Waals surface area contributed by atoms with E-state index in [1.165, 1.54) is 0 Å². The van der Waals surface area contributed by atoms with Gasteiger partial charge < -0.3 is 10.0 Å². The summed E-state index contributed by atoms with van der Waals surface area (Å²) < 4.78 is 0. The second-order valence-electron chi connectivity index (χ2n) is 3.86. The van der Waals surface area contributed by atoms with Crippen molar-refractivity contribution >= 4 is 11.6 Å². The predicted molar refractivity (Wildman–Crippen MR) is 69.5 cm³/mol. The number of nitrogens with zero attached hydrogens (tertiary/aromatic N) is 1. The molecule has 1 atom stereocenters. The van der Waals surface area contributed by atoms with Crippen molar-refractivity contribution in [2.24, 2.45) is 11.5 Å². The van der Waals surface area contributed by atoms with Gasteiger partial charge in [0.15, 0.2) is 0 Å². The maximum absolute atomic E-state index is 9.83. The fraction of sp³-hybridized carbons (Fsp3) is 0.417. The fourth-order valence-electron chi connectivity index (χ4n) is 1.61. The lowest BCUT2D eigenvalue weighted by molar-refractivity contribution is -0.470. The van der Waals surface area contributed by atoms with Gasteiger partial charge in [0.1, 0.15) is 6.10 Å². The van der Waals surface area contributed by atoms with Crippen LogP contribution in [0, 0.1) is 0 Å². The molecule has 1 rings (SSSR count). The van der Waals surface area contributed by atoms with Gasteiger partial charge in [-0.3, -0.25) is 16.5 Å². The molecule has 94 valence electrons. The maximum Gasteiger partial charge on any atom is 0.338 e. The zero-order chi connectivity index (χ0) is 12.7. The standard InChI is InChI=1S/C12H20N4O/c1-2-16(10-6-4-3-5-7-10)9-11(17)8-15-12(13)14/h3-7,11,17H,2,8-9H2,1H3,(H4,13,14,15)/p+1. The Morgan fingerprint density at radius 1 is 1.35 bits per heavy atom. The molecule has 0 bridgehead atoms. The van der Waals surface area contributed by atoms with Gasteiger partial charge in [-0.2, -0.15) is 0 Å². The van der Waals surface area contributed by atoms with E-state index in [1.807, 2.05) is 30.3 Å². The second kappa shape index (κ2) is 6.75. The largest absolute Gasteiger partial charge is 0.388 e. The van der Waals surface area contributed by atoms with Gasteiger partial charge in [0.05, 0.1) is 6.54 Å². The van der Waals surface area contributed by atoms with Crippen molar-refractivity contribution in [1.29, 1.82) is 0 Å². The summed E-state index contributed by atoms with van der Waals surface area (Å²) in [5.41, 5.74) is 11.6. The third kappa shape index (κ3) is 4.74. The molecule has 0 amide bonds. The molecular weight excluding hydrogens is 216 g/mol. The zero-order valence-corrected chi connectivity index (χ0v) is 10.1. The first-order valence-electron chi connectivity index (χ1n) is 5.73. The van der Waals surface area contributed by atoms with E-state index in [1.54, 1.807) is 0 Å². The summed E-state index contributed by atoms with van der Waals surface area (Å²) in [7, 11) is 0. The number of para-hydroxylation sites is 1. The number of hydrogen-bond acceptors (Lipinski definition) is 2. The number of hydrogen-bond donors (Lipinski definition) is 4. The van der Waals surface area contributed by atoms with Crippen molar-refractivity contribution < 1.29 is 10.1 Å². The molecule has 0 aromatic heterocycles. The fourth-order valence-corrected chi connectivity index (χ4v) is 1.61. The van der Waals surface area contributed by atoms with Crippen LogP contribution in [0.5, 0.6) is 0 Å². The van der Waals surface area contributed by atoms with Gasteiger partial charge in [-0.15, -0.1) is 0 Å². The minimum Gasteiger partial charge on any atom is -0.388 e. The summed E-state index contributed by atoms with van der Waals surface area (Å²) in [4.78, 5) is 4.82. The molecule has 0 aliphatic carbocycles. The van der Waals surface area contributed by atoms with Crippen LogP contribution in [0.15, 0.2) is 30.3 Å². The molecule has 1 aromatic carbocycles. The van der Waals surface area contributed by atoms with Gasteiger partial charge in [0, 0.05) is 18.8 Å². The number of benzene rings is 1. The maximum atomic E-state index is 9.83. The van der Waals surface area contributed by atoms with Crippen molar-refractivity contribution in [3.8, 4) is 0 Å². The average Bonchev–Trinajstić information content (AvgIpc) is 2.34. The van der Waals surface area contributed by atoms with Gasteiger partial charge in [-0.1, -0.05) is 18.2 Å². The van der Waals surface area contributed by atoms with Crippen LogP contribution in [0.3, 0.4) is 0 Å². The SMILES string of the molecule is CCN(CC(O)C[NH+]=C(N)N)c1ccccc1. The summed E-state index contributed by atoms with van der Waals surface area (Å²) in [5, 5.41) is 9.83. The Morgan fingerprint density at radius 3 is 2.53 bits per heavy atom. The smallest absolute Gasteiger partial charge is 0.338 e. The highest BCUT2D eigenvalue weighted by Crippen LogP contribution is 2.12. The molecule has 0 aliphatic rings. The van der Waals surface area contributed by atoms with Crippen molar-refractivity contribution in [3.63, 3.8) is 0 Å². The Balaban J connectivity index is 2.56. The lowest BCUT2D eigenvalue weighted by atomic mass is 10.2. The van der Waals surface area contributed by atoms with Crippen LogP contribution >= 0.6 is 0 Å². The molecule has 0 aliphatic heterocycles. The average molecular weight is 237 g/mol. The molecule has 0 saturated carbocycles. The quantitative estimate of drug-likeness (QED) is 0.348. The van der Waals surface area contributed by atoms with Crippen LogP contribution in [-0.4, -0.2) is 36.8 Å². The highest BCUT2D eigenvalue weighted by atomic mass is 16.3. The van der Waals surface area contributed by atoms with Crippen molar-refractivity contribution in [2.45, 2.75) is 13.0 Å². The Labute approximate surface area is 102 Å². The van der Waals surface area contributed by atoms with Crippen molar-refractivity contribution in [3.05, 3.63) is 30.3 Å². The molecule has 0 fully saturated rings. The molecule has 0 radical (unpaired) electrons. The monoisotopic (exact) mass is 237 g/mol. The number of aliphatic hydroxyl groups excluding tert-OH is 1. The van der Waals surface area contributed by atoms with Crippen LogP contribution in [0.2, 0.25) is 0 Å². The number of guanidine groups is 1. The Kier molecular flexibility index (Phi) is 5.29. The van der Waals surface area contributed by atoms with E-state index in [-0.39, 0.29) is 5.96 Å². The number of nitrogens with one attached hydrogen (secondary N) is 1. The van der Waals surface area contributed by atoms with Crippen LogP contribution in [-0.2, 0) is 0 Å². The van der Waals surface area contributed by atoms with E-state index in [0.717, 1.165) is 12.2 Å². The van der Waals surface area contributed by atoms with Gasteiger partial charge in [-0.05, 0) is 19.1 Å². The molecule has 6 N–H and O–H groups in total. The molecule has 1 unspecified atom stereocenters. The summed E-state index contributed by atoms with van der Waals surface area (Å²) >= 11 is 0. The Hall–Kier alpha value is -1.75. The Bertz CT molecular complexity index is 349. The zero-order valence-electron chi connectivity index (χ0n) is 10.1. The lowest BCUT2D eigenvalue weighted by Crippen LogP contribution is -2.80. The minimum absolute atomic E-state index is 0.131. The molecule has 17 heavy (non-hydrogen) atoms. The topological polar surface area (TPSA) is 89.5 Å². The van der Waals surface area contributed by atoms with E-state index in [0.29, 0.717) is 13.1 Å². The number of nitrogens with two attached hydrogens (primary N) is 2. The molecule has 0 heterocycles. The summed E-state index contributed by atoms with van der Waals surface area (Å²) in [5.74, 6) is 0.131. The molecule has 5 nitrogen and oxygen atoms in total. The predicted octanol–water partition coefficient (Wildman–Crippen LogP) is -1.77. The highest BCUT2D eigenvalue weighted by Gasteiger charge is 2.10. The molecule has 5 heteroatoms. The minimum atomic E-state index is -0.516. The van der Waals surface area contributed by atoms with Crippen molar-refractivity contribution in [2.75, 3.05) is 24.5 Å². The molecule has 0 saturated heterocycles. The molecule has 1 aromatic rings. The third-order valence-electron chi connectivity index (χ3n) is 2.48. The highest BCUT2D eigenvalue weighted by molar-refractivity contribution is 5.69. The number of aliphatic hydroxyl groups is 1. The Morgan fingerprint density at radius 2 is 2.00 bits per heavy atom. The van der Waals surface area contributed by atoms with Crippen LogP contribution in [0.1, 0.15) is 6.92 Å². The third-order valence-corrected chi connectivity index (χ3v) is 2.48. The first kappa shape index (κ1) is 13.3. The van der Waals surface area contributed by atoms with Crippen LogP contribution in [0.25, 0.3) is 0 Å².